The minimum Gasteiger partial charge on any atom is -0.309 e. The summed E-state index contributed by atoms with van der Waals surface area (Å²) >= 11 is 0. The van der Waals surface area contributed by atoms with E-state index in [1.54, 1.807) is 6.07 Å². The summed E-state index contributed by atoms with van der Waals surface area (Å²) in [5.74, 6) is -0.441. The molecule has 2 rings (SSSR count). The number of hydrogen-bond acceptors (Lipinski definition) is 2. The second-order valence-corrected chi connectivity index (χ2v) is 4.78. The highest BCUT2D eigenvalue weighted by Crippen LogP contribution is 2.17. The minimum atomic E-state index is -0.240. The minimum absolute atomic E-state index is 0.00487. The summed E-state index contributed by atoms with van der Waals surface area (Å²) in [7, 11) is 0. The van der Waals surface area contributed by atoms with Crippen LogP contribution in [-0.4, -0.2) is 6.54 Å². The molecule has 102 valence electrons. The van der Waals surface area contributed by atoms with Crippen LogP contribution >= 0.6 is 0 Å². The first-order valence-corrected chi connectivity index (χ1v) is 6.64. The first-order chi connectivity index (χ1) is 9.70. The number of nitrogens with one attached hydrogen (secondary N) is 1. The third-order valence-electron chi connectivity index (χ3n) is 3.33. The Kier molecular flexibility index (Phi) is 4.86. The Morgan fingerprint density at radius 2 is 1.80 bits per heavy atom. The molecule has 2 aromatic carbocycles. The number of hydrogen-bond donors (Lipinski definition) is 1. The quantitative estimate of drug-likeness (QED) is 0.895. The molecule has 2 atom stereocenters. The molecular weight excluding hydrogens is 251 g/mol. The Hall–Kier alpha value is -2.18. The molecule has 3 heteroatoms. The van der Waals surface area contributed by atoms with Crippen molar-refractivity contribution in [2.45, 2.75) is 18.9 Å². The average Bonchev–Trinajstić information content (AvgIpc) is 2.49. The zero-order valence-corrected chi connectivity index (χ0v) is 11.4. The van der Waals surface area contributed by atoms with Gasteiger partial charge in [0, 0.05) is 12.6 Å². The SMILES string of the molecule is CC(NCC(C#N)c1ccccc1)c1cccc(F)c1. The molecule has 2 nitrogen and oxygen atoms in total. The summed E-state index contributed by atoms with van der Waals surface area (Å²) in [6.45, 7) is 2.51. The van der Waals surface area contributed by atoms with E-state index >= 15 is 0 Å². The Morgan fingerprint density at radius 1 is 1.10 bits per heavy atom. The van der Waals surface area contributed by atoms with Crippen molar-refractivity contribution >= 4 is 0 Å². The molecule has 0 bridgehead atoms. The summed E-state index contributed by atoms with van der Waals surface area (Å²) in [6.07, 6.45) is 0. The Morgan fingerprint density at radius 3 is 2.45 bits per heavy atom. The van der Waals surface area contributed by atoms with Crippen molar-refractivity contribution in [3.63, 3.8) is 0 Å². The van der Waals surface area contributed by atoms with Gasteiger partial charge in [0.15, 0.2) is 0 Å². The second kappa shape index (κ2) is 6.83. The largest absolute Gasteiger partial charge is 0.309 e. The summed E-state index contributed by atoms with van der Waals surface area (Å²) < 4.78 is 13.2. The molecule has 0 aromatic heterocycles. The predicted octanol–water partition coefficient (Wildman–Crippen LogP) is 3.78. The van der Waals surface area contributed by atoms with Gasteiger partial charge in [0.1, 0.15) is 5.82 Å². The monoisotopic (exact) mass is 268 g/mol. The summed E-state index contributed by atoms with van der Waals surface area (Å²) in [5.41, 5.74) is 1.88. The maximum atomic E-state index is 13.2. The fourth-order valence-corrected chi connectivity index (χ4v) is 2.11. The van der Waals surface area contributed by atoms with E-state index in [0.29, 0.717) is 6.54 Å². The molecule has 0 saturated heterocycles. The number of halogens is 1. The number of benzene rings is 2. The van der Waals surface area contributed by atoms with Crippen LogP contribution in [0.2, 0.25) is 0 Å². The number of nitrogens with zero attached hydrogens (tertiary/aromatic N) is 1. The molecule has 0 heterocycles. The van der Waals surface area contributed by atoms with E-state index in [2.05, 4.69) is 11.4 Å². The van der Waals surface area contributed by atoms with Gasteiger partial charge >= 0.3 is 0 Å². The van der Waals surface area contributed by atoms with Gasteiger partial charge in [-0.25, -0.2) is 4.39 Å². The van der Waals surface area contributed by atoms with Gasteiger partial charge in [-0.1, -0.05) is 42.5 Å². The van der Waals surface area contributed by atoms with E-state index in [-0.39, 0.29) is 17.8 Å². The van der Waals surface area contributed by atoms with Gasteiger partial charge in [0.25, 0.3) is 0 Å². The molecule has 0 radical (unpaired) electrons. The highest BCUT2D eigenvalue weighted by molar-refractivity contribution is 5.25. The van der Waals surface area contributed by atoms with Gasteiger partial charge in [-0.2, -0.15) is 5.26 Å². The summed E-state index contributed by atoms with van der Waals surface area (Å²) in [6, 6.07) is 18.5. The molecule has 0 saturated carbocycles. The lowest BCUT2D eigenvalue weighted by Crippen LogP contribution is -2.24. The molecule has 0 amide bonds. The fourth-order valence-electron chi connectivity index (χ4n) is 2.11. The van der Waals surface area contributed by atoms with Crippen molar-refractivity contribution in [3.05, 3.63) is 71.5 Å². The molecule has 0 aliphatic heterocycles. The first-order valence-electron chi connectivity index (χ1n) is 6.64. The second-order valence-electron chi connectivity index (χ2n) is 4.78. The van der Waals surface area contributed by atoms with Gasteiger partial charge in [-0.15, -0.1) is 0 Å². The van der Waals surface area contributed by atoms with Crippen LogP contribution in [0.3, 0.4) is 0 Å². The number of rotatable bonds is 5. The Bertz CT molecular complexity index is 589. The Balaban J connectivity index is 1.99. The lowest BCUT2D eigenvalue weighted by molar-refractivity contribution is 0.551. The highest BCUT2D eigenvalue weighted by atomic mass is 19.1. The summed E-state index contributed by atoms with van der Waals surface area (Å²) in [5, 5.41) is 12.5. The summed E-state index contributed by atoms with van der Waals surface area (Å²) in [4.78, 5) is 0. The lowest BCUT2D eigenvalue weighted by Gasteiger charge is -2.17. The van der Waals surface area contributed by atoms with Gasteiger partial charge < -0.3 is 5.32 Å². The Labute approximate surface area is 118 Å². The molecule has 0 aliphatic carbocycles. The van der Waals surface area contributed by atoms with Crippen LogP contribution in [-0.2, 0) is 0 Å². The molecule has 0 fully saturated rings. The van der Waals surface area contributed by atoms with Crippen molar-refractivity contribution in [2.24, 2.45) is 0 Å². The zero-order chi connectivity index (χ0) is 14.4. The highest BCUT2D eigenvalue weighted by Gasteiger charge is 2.12. The standard InChI is InChI=1S/C17H17FN2/c1-13(15-8-5-9-17(18)10-15)20-12-16(11-19)14-6-3-2-4-7-14/h2-10,13,16,20H,12H2,1H3. The van der Waals surface area contributed by atoms with E-state index in [4.69, 9.17) is 0 Å². The van der Waals surface area contributed by atoms with Gasteiger partial charge in [0.2, 0.25) is 0 Å². The lowest BCUT2D eigenvalue weighted by atomic mass is 10.00. The molecule has 1 N–H and O–H groups in total. The average molecular weight is 268 g/mol. The van der Waals surface area contributed by atoms with E-state index in [9.17, 15) is 9.65 Å². The van der Waals surface area contributed by atoms with Crippen LogP contribution < -0.4 is 5.32 Å². The van der Waals surface area contributed by atoms with E-state index in [1.807, 2.05) is 43.3 Å². The molecule has 0 aliphatic rings. The fraction of sp³-hybridized carbons (Fsp3) is 0.235. The van der Waals surface area contributed by atoms with Crippen LogP contribution in [0.4, 0.5) is 4.39 Å². The maximum Gasteiger partial charge on any atom is 0.123 e. The topological polar surface area (TPSA) is 35.8 Å². The van der Waals surface area contributed by atoms with Crippen LogP contribution in [0.1, 0.15) is 30.0 Å². The molecule has 0 spiro atoms. The van der Waals surface area contributed by atoms with Gasteiger partial charge in [-0.05, 0) is 30.2 Å². The third-order valence-corrected chi connectivity index (χ3v) is 3.33. The number of nitriles is 1. The predicted molar refractivity (Wildman–Crippen MR) is 77.6 cm³/mol. The third kappa shape index (κ3) is 3.66. The van der Waals surface area contributed by atoms with Crippen LogP contribution in [0.25, 0.3) is 0 Å². The van der Waals surface area contributed by atoms with Crippen molar-refractivity contribution in [3.8, 4) is 6.07 Å². The first kappa shape index (κ1) is 14.2. The molecule has 2 unspecified atom stereocenters. The molecule has 20 heavy (non-hydrogen) atoms. The van der Waals surface area contributed by atoms with Crippen molar-refractivity contribution < 1.29 is 4.39 Å². The normalized spacial score (nSPS) is 13.4. The molecule has 2 aromatic rings. The van der Waals surface area contributed by atoms with Crippen molar-refractivity contribution in [1.29, 1.82) is 5.26 Å². The van der Waals surface area contributed by atoms with Gasteiger partial charge in [0.05, 0.1) is 12.0 Å². The smallest absolute Gasteiger partial charge is 0.123 e. The van der Waals surface area contributed by atoms with Gasteiger partial charge in [-0.3, -0.25) is 0 Å². The van der Waals surface area contributed by atoms with E-state index < -0.39 is 0 Å². The van der Waals surface area contributed by atoms with E-state index in [0.717, 1.165) is 11.1 Å². The zero-order valence-electron chi connectivity index (χ0n) is 11.4. The van der Waals surface area contributed by atoms with Crippen LogP contribution in [0.15, 0.2) is 54.6 Å². The maximum absolute atomic E-state index is 13.2. The van der Waals surface area contributed by atoms with Crippen LogP contribution in [0.5, 0.6) is 0 Å². The van der Waals surface area contributed by atoms with Crippen LogP contribution in [0, 0.1) is 17.1 Å². The van der Waals surface area contributed by atoms with E-state index in [1.165, 1.54) is 12.1 Å². The molecular formula is C17H17FN2. The van der Waals surface area contributed by atoms with Crippen molar-refractivity contribution in [2.75, 3.05) is 6.54 Å². The van der Waals surface area contributed by atoms with Crippen molar-refractivity contribution in [1.82, 2.24) is 5.32 Å².